The Balaban J connectivity index is 1.98. The van der Waals surface area contributed by atoms with Crippen LogP contribution in [0.2, 0.25) is 0 Å². The van der Waals surface area contributed by atoms with Crippen LogP contribution in [0.3, 0.4) is 0 Å². The number of hydrogen-bond donors (Lipinski definition) is 2. The summed E-state index contributed by atoms with van der Waals surface area (Å²) in [6.07, 6.45) is 3.08. The molecule has 3 rings (SSSR count). The molecule has 0 amide bonds. The Morgan fingerprint density at radius 1 is 1.04 bits per heavy atom. The molecule has 130 valence electrons. The van der Waals surface area contributed by atoms with E-state index >= 15 is 0 Å². The lowest BCUT2D eigenvalue weighted by atomic mass is 10.0. The number of hydrogen-bond acceptors (Lipinski definition) is 5. The zero-order valence-corrected chi connectivity index (χ0v) is 14.7. The van der Waals surface area contributed by atoms with Crippen LogP contribution in [0.25, 0.3) is 11.1 Å². The summed E-state index contributed by atoms with van der Waals surface area (Å²) in [7, 11) is -3.79. The molecule has 0 aliphatic rings. The van der Waals surface area contributed by atoms with Crippen LogP contribution < -0.4 is 4.72 Å². The highest BCUT2D eigenvalue weighted by Crippen LogP contribution is 2.27. The largest absolute Gasteiger partial charge is 0.508 e. The van der Waals surface area contributed by atoms with Crippen LogP contribution in [0.15, 0.2) is 65.8 Å². The zero-order chi connectivity index (χ0) is 18.7. The number of sulfonamides is 1. The molecule has 0 unspecified atom stereocenters. The molecule has 0 atom stereocenters. The van der Waals surface area contributed by atoms with Gasteiger partial charge in [0.1, 0.15) is 11.8 Å². The van der Waals surface area contributed by atoms with Gasteiger partial charge in [-0.25, -0.2) is 8.42 Å². The van der Waals surface area contributed by atoms with Crippen molar-refractivity contribution in [3.8, 4) is 22.9 Å². The maximum Gasteiger partial charge on any atom is 0.261 e. The Bertz CT molecular complexity index is 1100. The third-order valence-corrected chi connectivity index (χ3v) is 5.21. The van der Waals surface area contributed by atoms with E-state index in [0.29, 0.717) is 16.8 Å². The van der Waals surface area contributed by atoms with E-state index in [-0.39, 0.29) is 10.6 Å². The summed E-state index contributed by atoms with van der Waals surface area (Å²) in [5.74, 6) is -0.00741. The molecule has 0 fully saturated rings. The quantitative estimate of drug-likeness (QED) is 0.737. The van der Waals surface area contributed by atoms with E-state index in [2.05, 4.69) is 9.71 Å². The van der Waals surface area contributed by atoms with Crippen molar-refractivity contribution in [2.24, 2.45) is 0 Å². The standard InChI is InChI=1S/C19H15N3O3S/c1-13-2-3-15(16-8-14(10-20)11-21-12-16)9-19(13)22-26(24,25)18-6-4-17(23)5-7-18/h2-9,11-12,22-23H,1H3. The van der Waals surface area contributed by atoms with Gasteiger partial charge in [0, 0.05) is 18.0 Å². The molecule has 26 heavy (non-hydrogen) atoms. The number of pyridine rings is 1. The molecule has 3 aromatic rings. The van der Waals surface area contributed by atoms with Gasteiger partial charge >= 0.3 is 0 Å². The van der Waals surface area contributed by atoms with Gasteiger partial charge in [0.15, 0.2) is 0 Å². The average Bonchev–Trinajstić information content (AvgIpc) is 2.64. The molecule has 0 saturated carbocycles. The highest BCUT2D eigenvalue weighted by Gasteiger charge is 2.16. The second-order valence-electron chi connectivity index (χ2n) is 5.70. The number of aromatic hydroxyl groups is 1. The number of nitrogens with one attached hydrogen (secondary N) is 1. The summed E-state index contributed by atoms with van der Waals surface area (Å²) < 4.78 is 27.7. The minimum Gasteiger partial charge on any atom is -0.508 e. The number of benzene rings is 2. The van der Waals surface area contributed by atoms with Crippen LogP contribution in [0.1, 0.15) is 11.1 Å². The van der Waals surface area contributed by atoms with Crippen molar-refractivity contribution in [2.45, 2.75) is 11.8 Å². The van der Waals surface area contributed by atoms with Crippen LogP contribution in [0, 0.1) is 18.3 Å². The second kappa shape index (κ2) is 6.86. The molecule has 0 saturated heterocycles. The number of phenols is 1. The first-order valence-corrected chi connectivity index (χ1v) is 9.15. The number of aromatic nitrogens is 1. The van der Waals surface area contributed by atoms with E-state index in [4.69, 9.17) is 5.26 Å². The molecular formula is C19H15N3O3S. The monoisotopic (exact) mass is 365 g/mol. The molecule has 1 heterocycles. The van der Waals surface area contributed by atoms with Crippen molar-refractivity contribution >= 4 is 15.7 Å². The van der Waals surface area contributed by atoms with Gasteiger partial charge in [0.05, 0.1) is 16.1 Å². The molecule has 2 aromatic carbocycles. The van der Waals surface area contributed by atoms with Crippen molar-refractivity contribution in [1.82, 2.24) is 4.98 Å². The Hall–Kier alpha value is -3.37. The second-order valence-corrected chi connectivity index (χ2v) is 7.39. The molecule has 0 aliphatic heterocycles. The van der Waals surface area contributed by atoms with E-state index in [1.54, 1.807) is 31.3 Å². The van der Waals surface area contributed by atoms with E-state index < -0.39 is 10.0 Å². The van der Waals surface area contributed by atoms with E-state index in [1.807, 2.05) is 12.1 Å². The predicted molar refractivity (Wildman–Crippen MR) is 98.0 cm³/mol. The number of nitriles is 1. The molecule has 0 radical (unpaired) electrons. The van der Waals surface area contributed by atoms with Gasteiger partial charge in [-0.3, -0.25) is 9.71 Å². The van der Waals surface area contributed by atoms with E-state index in [0.717, 1.165) is 11.1 Å². The molecule has 1 aromatic heterocycles. The van der Waals surface area contributed by atoms with Gasteiger partial charge in [-0.15, -0.1) is 0 Å². The fraction of sp³-hybridized carbons (Fsp3) is 0.0526. The topological polar surface area (TPSA) is 103 Å². The SMILES string of the molecule is Cc1ccc(-c2cncc(C#N)c2)cc1NS(=O)(=O)c1ccc(O)cc1. The Kier molecular flexibility index (Phi) is 4.61. The first kappa shape index (κ1) is 17.5. The van der Waals surface area contributed by atoms with Crippen molar-refractivity contribution in [2.75, 3.05) is 4.72 Å². The highest BCUT2D eigenvalue weighted by molar-refractivity contribution is 7.92. The lowest BCUT2D eigenvalue weighted by Gasteiger charge is -2.12. The number of aryl methyl sites for hydroxylation is 1. The summed E-state index contributed by atoms with van der Waals surface area (Å²) in [6, 6.07) is 14.4. The molecule has 2 N–H and O–H groups in total. The number of phenolic OH excluding ortho intramolecular Hbond substituents is 1. The fourth-order valence-electron chi connectivity index (χ4n) is 2.40. The number of anilines is 1. The summed E-state index contributed by atoms with van der Waals surface area (Å²) in [5.41, 5.74) is 3.06. The summed E-state index contributed by atoms with van der Waals surface area (Å²) in [6.45, 7) is 1.79. The van der Waals surface area contributed by atoms with E-state index in [9.17, 15) is 13.5 Å². The summed E-state index contributed by atoms with van der Waals surface area (Å²) >= 11 is 0. The third-order valence-electron chi connectivity index (χ3n) is 3.83. The Morgan fingerprint density at radius 3 is 2.46 bits per heavy atom. The van der Waals surface area contributed by atoms with Crippen molar-refractivity contribution in [3.63, 3.8) is 0 Å². The first-order valence-electron chi connectivity index (χ1n) is 7.67. The Labute approximate surface area is 151 Å². The van der Waals surface area contributed by atoms with Gasteiger partial charge in [0.2, 0.25) is 0 Å². The fourth-order valence-corrected chi connectivity index (χ4v) is 3.52. The van der Waals surface area contributed by atoms with Crippen molar-refractivity contribution in [3.05, 3.63) is 72.1 Å². The maximum absolute atomic E-state index is 12.6. The Morgan fingerprint density at radius 2 is 1.77 bits per heavy atom. The lowest BCUT2D eigenvalue weighted by Crippen LogP contribution is -2.13. The van der Waals surface area contributed by atoms with Gasteiger partial charge in [0.25, 0.3) is 10.0 Å². The molecule has 0 bridgehead atoms. The van der Waals surface area contributed by atoms with Crippen LogP contribution in [0.4, 0.5) is 5.69 Å². The lowest BCUT2D eigenvalue weighted by molar-refractivity contribution is 0.475. The highest BCUT2D eigenvalue weighted by atomic mass is 32.2. The number of nitrogens with zero attached hydrogens (tertiary/aromatic N) is 2. The minimum atomic E-state index is -3.79. The van der Waals surface area contributed by atoms with Gasteiger partial charge < -0.3 is 5.11 Å². The van der Waals surface area contributed by atoms with Crippen LogP contribution in [0.5, 0.6) is 5.75 Å². The predicted octanol–water partition coefficient (Wildman–Crippen LogP) is 3.44. The van der Waals surface area contributed by atoms with Gasteiger partial charge in [-0.2, -0.15) is 5.26 Å². The molecule has 0 spiro atoms. The molecule has 6 nitrogen and oxygen atoms in total. The van der Waals surface area contributed by atoms with Crippen molar-refractivity contribution < 1.29 is 13.5 Å². The average molecular weight is 365 g/mol. The summed E-state index contributed by atoms with van der Waals surface area (Å²) in [5, 5.41) is 18.3. The summed E-state index contributed by atoms with van der Waals surface area (Å²) in [4.78, 5) is 4.08. The van der Waals surface area contributed by atoms with Crippen LogP contribution >= 0.6 is 0 Å². The zero-order valence-electron chi connectivity index (χ0n) is 13.8. The maximum atomic E-state index is 12.6. The van der Waals surface area contributed by atoms with Gasteiger partial charge in [-0.1, -0.05) is 12.1 Å². The molecule has 7 heteroatoms. The minimum absolute atomic E-state index is 0.00741. The molecule has 0 aliphatic carbocycles. The van der Waals surface area contributed by atoms with Crippen LogP contribution in [-0.2, 0) is 10.0 Å². The van der Waals surface area contributed by atoms with E-state index in [1.165, 1.54) is 30.5 Å². The smallest absolute Gasteiger partial charge is 0.261 e. The normalized spacial score (nSPS) is 10.9. The third kappa shape index (κ3) is 3.66. The first-order chi connectivity index (χ1) is 12.4. The molecular weight excluding hydrogens is 350 g/mol. The van der Waals surface area contributed by atoms with Crippen LogP contribution in [-0.4, -0.2) is 18.5 Å². The van der Waals surface area contributed by atoms with Crippen molar-refractivity contribution in [1.29, 1.82) is 5.26 Å². The van der Waals surface area contributed by atoms with Gasteiger partial charge in [-0.05, 0) is 54.4 Å². The number of rotatable bonds is 4.